The molecule has 0 atom stereocenters. The summed E-state index contributed by atoms with van der Waals surface area (Å²) < 4.78 is 39.6. The van der Waals surface area contributed by atoms with Gasteiger partial charge in [0.15, 0.2) is 0 Å². The monoisotopic (exact) mass is 673 g/mol. The van der Waals surface area contributed by atoms with Crippen LogP contribution in [-0.4, -0.2) is 84.6 Å². The average molecular weight is 674 g/mol. The topological polar surface area (TPSA) is 68.8 Å². The molecule has 49 heavy (non-hydrogen) atoms. The lowest BCUT2D eigenvalue weighted by atomic mass is 9.73. The Balaban J connectivity index is 1.04. The van der Waals surface area contributed by atoms with Crippen LogP contribution in [0.15, 0.2) is 79.5 Å². The van der Waals surface area contributed by atoms with Crippen molar-refractivity contribution in [2.45, 2.75) is 69.0 Å². The summed E-state index contributed by atoms with van der Waals surface area (Å²) in [6.07, 6.45) is 6.54. The van der Waals surface area contributed by atoms with Gasteiger partial charge in [-0.2, -0.15) is 13.2 Å². The number of anilines is 1. The van der Waals surface area contributed by atoms with Crippen LogP contribution in [0.3, 0.4) is 0 Å². The summed E-state index contributed by atoms with van der Waals surface area (Å²) in [4.78, 5) is 38.4. The summed E-state index contributed by atoms with van der Waals surface area (Å²) in [5.74, 6) is 0.271. The number of hydrogen-bond acceptors (Lipinski definition) is 5. The molecular formula is C39H46F3N5O2. The molecule has 7 nitrogen and oxygen atoms in total. The molecule has 1 aromatic heterocycles. The number of aromatic nitrogens is 1. The number of alkyl halides is 3. The first-order valence-electron chi connectivity index (χ1n) is 17.6. The van der Waals surface area contributed by atoms with Crippen LogP contribution in [-0.2, 0) is 10.2 Å². The zero-order valence-corrected chi connectivity index (χ0v) is 28.1. The van der Waals surface area contributed by atoms with Gasteiger partial charge in [-0.15, -0.1) is 6.58 Å². The zero-order valence-electron chi connectivity index (χ0n) is 28.1. The van der Waals surface area contributed by atoms with Gasteiger partial charge in [0.25, 0.3) is 5.91 Å². The smallest absolute Gasteiger partial charge is 0.354 e. The molecule has 3 aromatic rings. The van der Waals surface area contributed by atoms with E-state index in [0.717, 1.165) is 92.9 Å². The number of fused-ring (bicyclic) bond motifs is 3. The number of amides is 2. The van der Waals surface area contributed by atoms with E-state index in [1.807, 2.05) is 65.6 Å². The number of carbonyl (C=O) groups is 2. The highest BCUT2D eigenvalue weighted by molar-refractivity contribution is 6.00. The molecule has 260 valence electrons. The lowest BCUT2D eigenvalue weighted by molar-refractivity contribution is -0.141. The first-order chi connectivity index (χ1) is 23.7. The van der Waals surface area contributed by atoms with Gasteiger partial charge in [-0.3, -0.25) is 14.5 Å². The molecule has 1 saturated heterocycles. The number of unbranched alkanes of at least 4 members (excludes halogenated alkanes) is 1. The second-order valence-corrected chi connectivity index (χ2v) is 13.5. The number of piperazine rings is 1. The third-order valence-corrected chi connectivity index (χ3v) is 10.5. The van der Waals surface area contributed by atoms with Crippen LogP contribution in [0, 0.1) is 0 Å². The SMILES string of the molecule is C=CCN(C(=O)c1ccc(N2CCN(CCCCC3(C(=O)NCC(F)(F)F)c4ccccc4-c4ccccc43)CC2)nc1)C1CCCCC1. The van der Waals surface area contributed by atoms with Crippen LogP contribution in [0.5, 0.6) is 0 Å². The maximum absolute atomic E-state index is 13.7. The fraction of sp³-hybridized carbons (Fsp3) is 0.462. The average Bonchev–Trinajstić information content (AvgIpc) is 3.42. The van der Waals surface area contributed by atoms with Crippen LogP contribution in [0.2, 0.25) is 0 Å². The quantitative estimate of drug-likeness (QED) is 0.166. The Morgan fingerprint density at radius 2 is 1.57 bits per heavy atom. The molecule has 1 N–H and O–H groups in total. The number of nitrogens with zero attached hydrogens (tertiary/aromatic N) is 4. The Morgan fingerprint density at radius 3 is 2.16 bits per heavy atom. The van der Waals surface area contributed by atoms with E-state index in [2.05, 4.69) is 26.7 Å². The molecule has 10 heteroatoms. The molecular weight excluding hydrogens is 627 g/mol. The molecule has 2 aliphatic carbocycles. The van der Waals surface area contributed by atoms with Gasteiger partial charge in [0.05, 0.1) is 5.56 Å². The van der Waals surface area contributed by atoms with Gasteiger partial charge in [-0.05, 0) is 66.6 Å². The number of rotatable bonds is 12. The molecule has 2 amide bonds. The second-order valence-electron chi connectivity index (χ2n) is 13.5. The van der Waals surface area contributed by atoms with Crippen LogP contribution in [0.4, 0.5) is 19.0 Å². The predicted molar refractivity (Wildman–Crippen MR) is 187 cm³/mol. The number of pyridine rings is 1. The van der Waals surface area contributed by atoms with Crippen molar-refractivity contribution < 1.29 is 22.8 Å². The Labute approximate surface area is 287 Å². The zero-order chi connectivity index (χ0) is 34.4. The Bertz CT molecular complexity index is 1570. The number of benzene rings is 2. The lowest BCUT2D eigenvalue weighted by Gasteiger charge is -2.36. The molecule has 0 spiro atoms. The van der Waals surface area contributed by atoms with E-state index in [9.17, 15) is 22.8 Å². The molecule has 2 fully saturated rings. The highest BCUT2D eigenvalue weighted by atomic mass is 19.4. The third-order valence-electron chi connectivity index (χ3n) is 10.5. The van der Waals surface area contributed by atoms with Crippen molar-refractivity contribution in [1.29, 1.82) is 0 Å². The van der Waals surface area contributed by atoms with E-state index in [0.29, 0.717) is 24.9 Å². The first kappa shape index (κ1) is 34.7. The van der Waals surface area contributed by atoms with Crippen molar-refractivity contribution in [3.63, 3.8) is 0 Å². The normalized spacial score (nSPS) is 17.7. The van der Waals surface area contributed by atoms with Gasteiger partial charge in [0, 0.05) is 45.0 Å². The van der Waals surface area contributed by atoms with Gasteiger partial charge in [0.1, 0.15) is 17.8 Å². The standard InChI is InChI=1S/C39H46F3N5O2/c1-2-21-47(30-12-4-3-5-13-30)36(48)29-18-19-35(43-27-29)46-25-23-45(24-26-46)22-11-10-20-38(37(49)44-28-39(40,41)42)33-16-8-6-14-31(33)32-15-7-9-17-34(32)38/h2,6-9,14-19,27,30H,1,3-5,10-13,20-26,28H2,(H,44,49). The summed E-state index contributed by atoms with van der Waals surface area (Å²) in [7, 11) is 0. The van der Waals surface area contributed by atoms with Crippen molar-refractivity contribution in [2.75, 3.05) is 50.7 Å². The number of carbonyl (C=O) groups excluding carboxylic acids is 2. The molecule has 2 aromatic carbocycles. The largest absolute Gasteiger partial charge is 0.405 e. The van der Waals surface area contributed by atoms with Gasteiger partial charge in [-0.1, -0.05) is 80.3 Å². The molecule has 2 heterocycles. The van der Waals surface area contributed by atoms with Crippen molar-refractivity contribution in [2.24, 2.45) is 0 Å². The fourth-order valence-corrected chi connectivity index (χ4v) is 8.01. The van der Waals surface area contributed by atoms with E-state index >= 15 is 0 Å². The first-order valence-corrected chi connectivity index (χ1v) is 17.6. The van der Waals surface area contributed by atoms with Crippen molar-refractivity contribution in [1.82, 2.24) is 20.1 Å². The maximum Gasteiger partial charge on any atom is 0.405 e. The molecule has 1 saturated carbocycles. The van der Waals surface area contributed by atoms with Gasteiger partial charge >= 0.3 is 6.18 Å². The molecule has 6 rings (SSSR count). The van der Waals surface area contributed by atoms with E-state index in [1.54, 1.807) is 12.3 Å². The molecule has 3 aliphatic rings. The lowest BCUT2D eigenvalue weighted by Crippen LogP contribution is -2.48. The third kappa shape index (κ3) is 7.54. The Kier molecular flexibility index (Phi) is 10.7. The molecule has 0 bridgehead atoms. The van der Waals surface area contributed by atoms with Gasteiger partial charge in [-0.25, -0.2) is 4.98 Å². The number of hydrogen-bond donors (Lipinski definition) is 1. The molecule has 0 unspecified atom stereocenters. The summed E-state index contributed by atoms with van der Waals surface area (Å²) >= 11 is 0. The summed E-state index contributed by atoms with van der Waals surface area (Å²) in [5.41, 5.74) is 2.78. The number of halogens is 3. The predicted octanol–water partition coefficient (Wildman–Crippen LogP) is 6.98. The van der Waals surface area contributed by atoms with Crippen LogP contribution in [0.25, 0.3) is 11.1 Å². The van der Waals surface area contributed by atoms with E-state index in [4.69, 9.17) is 0 Å². The molecule has 0 radical (unpaired) electrons. The molecule has 1 aliphatic heterocycles. The van der Waals surface area contributed by atoms with Crippen LogP contribution >= 0.6 is 0 Å². The van der Waals surface area contributed by atoms with Crippen LogP contribution in [0.1, 0.15) is 72.9 Å². The highest BCUT2D eigenvalue weighted by Crippen LogP contribution is 2.51. The minimum Gasteiger partial charge on any atom is -0.354 e. The summed E-state index contributed by atoms with van der Waals surface area (Å²) in [6, 6.07) is 19.2. The summed E-state index contributed by atoms with van der Waals surface area (Å²) in [6.45, 7) is 7.18. The van der Waals surface area contributed by atoms with Crippen LogP contribution < -0.4 is 10.2 Å². The number of nitrogens with one attached hydrogen (secondary N) is 1. The second kappa shape index (κ2) is 15.2. The summed E-state index contributed by atoms with van der Waals surface area (Å²) in [5, 5.41) is 2.22. The van der Waals surface area contributed by atoms with Gasteiger partial charge in [0.2, 0.25) is 5.91 Å². The Morgan fingerprint density at radius 1 is 0.918 bits per heavy atom. The maximum atomic E-state index is 13.7. The fourth-order valence-electron chi connectivity index (χ4n) is 8.01. The highest BCUT2D eigenvalue weighted by Gasteiger charge is 2.49. The van der Waals surface area contributed by atoms with Crippen molar-refractivity contribution in [3.05, 3.63) is 96.2 Å². The van der Waals surface area contributed by atoms with E-state index in [1.165, 1.54) is 6.42 Å². The van der Waals surface area contributed by atoms with E-state index < -0.39 is 24.0 Å². The minimum atomic E-state index is -4.49. The Hall–Kier alpha value is -4.18. The van der Waals surface area contributed by atoms with Crippen molar-refractivity contribution in [3.8, 4) is 11.1 Å². The minimum absolute atomic E-state index is 0.0138. The van der Waals surface area contributed by atoms with Gasteiger partial charge < -0.3 is 15.1 Å². The van der Waals surface area contributed by atoms with E-state index in [-0.39, 0.29) is 11.9 Å². The van der Waals surface area contributed by atoms with Crippen molar-refractivity contribution >= 4 is 17.6 Å².